The molecule has 1 unspecified atom stereocenters. The molecule has 1 atom stereocenters. The summed E-state index contributed by atoms with van der Waals surface area (Å²) in [6.45, 7) is 3.24. The zero-order chi connectivity index (χ0) is 22.4. The van der Waals surface area contributed by atoms with Crippen molar-refractivity contribution >= 4 is 21.4 Å². The fourth-order valence-electron chi connectivity index (χ4n) is 3.59. The molecular formula is C21H29N5O4S. The van der Waals surface area contributed by atoms with Crippen molar-refractivity contribution in [2.45, 2.75) is 23.9 Å². The Kier molecular flexibility index (Phi) is 7.60. The number of nitro benzene ring substituents is 1. The topological polar surface area (TPSA) is 108 Å². The first kappa shape index (κ1) is 23.1. The van der Waals surface area contributed by atoms with E-state index in [1.807, 2.05) is 37.2 Å². The van der Waals surface area contributed by atoms with Crippen LogP contribution >= 0.6 is 0 Å². The molecule has 0 aliphatic carbocycles. The van der Waals surface area contributed by atoms with Gasteiger partial charge in [-0.05, 0) is 38.2 Å². The Morgan fingerprint density at radius 1 is 1.19 bits per heavy atom. The molecule has 2 aromatic rings. The maximum absolute atomic E-state index is 12.5. The average molecular weight is 448 g/mol. The molecule has 1 saturated heterocycles. The largest absolute Gasteiger partial charge is 0.375 e. The van der Waals surface area contributed by atoms with E-state index in [0.29, 0.717) is 12.2 Å². The van der Waals surface area contributed by atoms with Crippen LogP contribution in [0.2, 0.25) is 0 Å². The van der Waals surface area contributed by atoms with Crippen LogP contribution in [-0.4, -0.2) is 69.5 Å². The number of nitrogens with one attached hydrogen (secondary N) is 2. The minimum absolute atomic E-state index is 0.0584. The van der Waals surface area contributed by atoms with E-state index in [-0.39, 0.29) is 23.2 Å². The molecule has 0 saturated carbocycles. The highest BCUT2D eigenvalue weighted by molar-refractivity contribution is 7.89. The van der Waals surface area contributed by atoms with Crippen LogP contribution in [-0.2, 0) is 16.6 Å². The standard InChI is InChI=1S/C21H29N5O4S/c1-24(2)13-11-22-31(29,30)19-8-9-20(21(14-19)26(27)28)23-18-10-12-25(16-18)15-17-6-4-3-5-7-17/h3-9,14,18,22-23H,10-13,15-16H2,1-2H3. The van der Waals surface area contributed by atoms with Crippen molar-refractivity contribution < 1.29 is 13.3 Å². The number of nitrogens with zero attached hydrogens (tertiary/aromatic N) is 3. The highest BCUT2D eigenvalue weighted by Crippen LogP contribution is 2.29. The van der Waals surface area contributed by atoms with Gasteiger partial charge in [-0.1, -0.05) is 30.3 Å². The Hall–Kier alpha value is -2.53. The average Bonchev–Trinajstić information content (AvgIpc) is 3.15. The SMILES string of the molecule is CN(C)CCNS(=O)(=O)c1ccc(NC2CCN(Cc3ccccc3)C2)c([N+](=O)[O-])c1. The minimum Gasteiger partial charge on any atom is -0.375 e. The van der Waals surface area contributed by atoms with Crippen LogP contribution in [0.25, 0.3) is 0 Å². The maximum Gasteiger partial charge on any atom is 0.293 e. The second kappa shape index (κ2) is 10.2. The third-order valence-electron chi connectivity index (χ3n) is 5.21. The van der Waals surface area contributed by atoms with E-state index in [0.717, 1.165) is 32.1 Å². The zero-order valence-corrected chi connectivity index (χ0v) is 18.6. The second-order valence-corrected chi connectivity index (χ2v) is 9.75. The van der Waals surface area contributed by atoms with Gasteiger partial charge in [0.25, 0.3) is 5.69 Å². The van der Waals surface area contributed by atoms with Crippen molar-refractivity contribution in [3.8, 4) is 0 Å². The Morgan fingerprint density at radius 3 is 2.61 bits per heavy atom. The van der Waals surface area contributed by atoms with Gasteiger partial charge in [0.1, 0.15) is 5.69 Å². The molecule has 31 heavy (non-hydrogen) atoms. The van der Waals surface area contributed by atoms with Gasteiger partial charge < -0.3 is 10.2 Å². The van der Waals surface area contributed by atoms with Crippen LogP contribution < -0.4 is 10.0 Å². The van der Waals surface area contributed by atoms with Crippen molar-refractivity contribution in [1.82, 2.24) is 14.5 Å². The number of sulfonamides is 1. The smallest absolute Gasteiger partial charge is 0.293 e. The number of rotatable bonds is 10. The third kappa shape index (κ3) is 6.47. The van der Waals surface area contributed by atoms with Crippen molar-refractivity contribution in [2.75, 3.05) is 45.6 Å². The molecule has 0 amide bonds. The molecule has 3 rings (SSSR count). The van der Waals surface area contributed by atoms with E-state index in [4.69, 9.17) is 0 Å². The number of nitro groups is 1. The number of anilines is 1. The van der Waals surface area contributed by atoms with Gasteiger partial charge in [-0.3, -0.25) is 15.0 Å². The normalized spacial score (nSPS) is 17.2. The summed E-state index contributed by atoms with van der Waals surface area (Å²) in [6.07, 6.45) is 0.857. The van der Waals surface area contributed by atoms with Gasteiger partial charge in [-0.25, -0.2) is 13.1 Å². The summed E-state index contributed by atoms with van der Waals surface area (Å²) < 4.78 is 27.4. The van der Waals surface area contributed by atoms with Crippen molar-refractivity contribution in [3.63, 3.8) is 0 Å². The number of likely N-dealkylation sites (tertiary alicyclic amines) is 1. The summed E-state index contributed by atoms with van der Waals surface area (Å²) in [7, 11) is -0.143. The third-order valence-corrected chi connectivity index (χ3v) is 6.67. The van der Waals surface area contributed by atoms with Gasteiger partial charge in [0.2, 0.25) is 10.0 Å². The summed E-state index contributed by atoms with van der Waals surface area (Å²) >= 11 is 0. The Labute approximate surface area is 183 Å². The first-order valence-electron chi connectivity index (χ1n) is 10.2. The molecule has 9 nitrogen and oxygen atoms in total. The Bertz CT molecular complexity index is 998. The lowest BCUT2D eigenvalue weighted by Crippen LogP contribution is -2.31. The lowest BCUT2D eigenvalue weighted by atomic mass is 10.2. The lowest BCUT2D eigenvalue weighted by molar-refractivity contribution is -0.384. The fraction of sp³-hybridized carbons (Fsp3) is 0.429. The monoisotopic (exact) mass is 447 g/mol. The molecule has 10 heteroatoms. The molecule has 0 aromatic heterocycles. The highest BCUT2D eigenvalue weighted by atomic mass is 32.2. The van der Waals surface area contributed by atoms with E-state index >= 15 is 0 Å². The molecule has 1 heterocycles. The first-order valence-corrected chi connectivity index (χ1v) is 11.7. The van der Waals surface area contributed by atoms with Crippen LogP contribution in [0.15, 0.2) is 53.4 Å². The van der Waals surface area contributed by atoms with Gasteiger partial charge in [0.15, 0.2) is 0 Å². The van der Waals surface area contributed by atoms with Crippen LogP contribution in [0.4, 0.5) is 11.4 Å². The predicted molar refractivity (Wildman–Crippen MR) is 121 cm³/mol. The maximum atomic E-state index is 12.5. The lowest BCUT2D eigenvalue weighted by Gasteiger charge is -2.18. The summed E-state index contributed by atoms with van der Waals surface area (Å²) in [5.74, 6) is 0. The highest BCUT2D eigenvalue weighted by Gasteiger charge is 2.26. The Balaban J connectivity index is 1.67. The van der Waals surface area contributed by atoms with E-state index in [2.05, 4.69) is 27.1 Å². The van der Waals surface area contributed by atoms with Gasteiger partial charge in [0.05, 0.1) is 9.82 Å². The first-order chi connectivity index (χ1) is 14.7. The van der Waals surface area contributed by atoms with E-state index in [1.54, 1.807) is 0 Å². The number of hydrogen-bond acceptors (Lipinski definition) is 7. The predicted octanol–water partition coefficient (Wildman–Crippen LogP) is 2.12. The molecule has 0 spiro atoms. The van der Waals surface area contributed by atoms with E-state index in [1.165, 1.54) is 17.7 Å². The fourth-order valence-corrected chi connectivity index (χ4v) is 4.63. The van der Waals surface area contributed by atoms with Crippen LogP contribution in [0.5, 0.6) is 0 Å². The summed E-state index contributed by atoms with van der Waals surface area (Å²) in [5, 5.41) is 14.9. The Morgan fingerprint density at radius 2 is 1.94 bits per heavy atom. The summed E-state index contributed by atoms with van der Waals surface area (Å²) in [6, 6.07) is 14.2. The molecular weight excluding hydrogens is 418 g/mol. The van der Waals surface area contributed by atoms with Crippen molar-refractivity contribution in [3.05, 3.63) is 64.2 Å². The molecule has 0 radical (unpaired) electrons. The van der Waals surface area contributed by atoms with E-state index < -0.39 is 14.9 Å². The molecule has 1 aliphatic heterocycles. The van der Waals surface area contributed by atoms with E-state index in [9.17, 15) is 18.5 Å². The second-order valence-electron chi connectivity index (χ2n) is 7.99. The van der Waals surface area contributed by atoms with Crippen molar-refractivity contribution in [1.29, 1.82) is 0 Å². The molecule has 168 valence electrons. The van der Waals surface area contributed by atoms with Gasteiger partial charge in [-0.2, -0.15) is 0 Å². The summed E-state index contributed by atoms with van der Waals surface area (Å²) in [5.41, 5.74) is 1.33. The summed E-state index contributed by atoms with van der Waals surface area (Å²) in [4.78, 5) is 15.1. The van der Waals surface area contributed by atoms with Gasteiger partial charge in [-0.15, -0.1) is 0 Å². The number of likely N-dealkylation sites (N-methyl/N-ethyl adjacent to an activating group) is 1. The molecule has 1 aliphatic rings. The van der Waals surface area contributed by atoms with Gasteiger partial charge in [0, 0.05) is 44.8 Å². The molecule has 0 bridgehead atoms. The quantitative estimate of drug-likeness (QED) is 0.424. The van der Waals surface area contributed by atoms with Crippen LogP contribution in [0.1, 0.15) is 12.0 Å². The number of hydrogen-bond donors (Lipinski definition) is 2. The van der Waals surface area contributed by atoms with Crippen LogP contribution in [0.3, 0.4) is 0 Å². The minimum atomic E-state index is -3.82. The molecule has 1 fully saturated rings. The molecule has 2 aromatic carbocycles. The van der Waals surface area contributed by atoms with Gasteiger partial charge >= 0.3 is 0 Å². The zero-order valence-electron chi connectivity index (χ0n) is 17.8. The molecule has 2 N–H and O–H groups in total. The number of benzene rings is 2. The van der Waals surface area contributed by atoms with Crippen molar-refractivity contribution in [2.24, 2.45) is 0 Å². The van der Waals surface area contributed by atoms with Crippen LogP contribution in [0, 0.1) is 10.1 Å².